The Hall–Kier alpha value is -0.610. The molecule has 1 N–H and O–H groups in total. The van der Waals surface area contributed by atoms with E-state index in [-0.39, 0.29) is 24.0 Å². The van der Waals surface area contributed by atoms with Crippen LogP contribution in [0.5, 0.6) is 0 Å². The Kier molecular flexibility index (Phi) is 3.97. The molecule has 1 aliphatic heterocycles. The molecule has 4 heteroatoms. The molecule has 2 atom stereocenters. The molecule has 2 aliphatic rings. The summed E-state index contributed by atoms with van der Waals surface area (Å²) in [5.41, 5.74) is 0.227. The van der Waals surface area contributed by atoms with Gasteiger partial charge in [-0.25, -0.2) is 0 Å². The topological polar surface area (TPSA) is 43.8 Å². The van der Waals surface area contributed by atoms with Crippen molar-refractivity contribution >= 4 is 5.91 Å². The number of hydrogen-bond acceptors (Lipinski definition) is 3. The van der Waals surface area contributed by atoms with E-state index in [1.165, 1.54) is 0 Å². The number of carbonyl (C=O) groups is 1. The van der Waals surface area contributed by atoms with Crippen LogP contribution in [0.15, 0.2) is 0 Å². The van der Waals surface area contributed by atoms with E-state index < -0.39 is 0 Å². The molecule has 1 aliphatic carbocycles. The van der Waals surface area contributed by atoms with Gasteiger partial charge in [0.15, 0.2) is 0 Å². The molecule has 0 aromatic heterocycles. The Bertz CT molecular complexity index is 305. The van der Waals surface area contributed by atoms with Gasteiger partial charge >= 0.3 is 0 Å². The van der Waals surface area contributed by atoms with Crippen LogP contribution >= 0.6 is 0 Å². The SMILES string of the molecule is CCC(CO)N1CCN(C(=O)[C@H]2CC2(C)C)CC1. The van der Waals surface area contributed by atoms with Gasteiger partial charge in [-0.05, 0) is 18.3 Å². The van der Waals surface area contributed by atoms with Crippen molar-refractivity contribution in [1.29, 1.82) is 0 Å². The van der Waals surface area contributed by atoms with Gasteiger partial charge in [-0.3, -0.25) is 9.69 Å². The molecule has 0 aromatic rings. The molecule has 18 heavy (non-hydrogen) atoms. The first-order valence-electron chi connectivity index (χ1n) is 7.13. The monoisotopic (exact) mass is 254 g/mol. The zero-order chi connectivity index (χ0) is 13.3. The minimum absolute atomic E-state index is 0.222. The summed E-state index contributed by atoms with van der Waals surface area (Å²) in [7, 11) is 0. The molecule has 0 radical (unpaired) electrons. The number of aliphatic hydroxyl groups excluding tert-OH is 1. The maximum Gasteiger partial charge on any atom is 0.226 e. The summed E-state index contributed by atoms with van der Waals surface area (Å²) >= 11 is 0. The smallest absolute Gasteiger partial charge is 0.226 e. The summed E-state index contributed by atoms with van der Waals surface area (Å²) in [5, 5.41) is 9.30. The highest BCUT2D eigenvalue weighted by Gasteiger charge is 2.52. The van der Waals surface area contributed by atoms with Gasteiger partial charge in [-0.1, -0.05) is 20.8 Å². The van der Waals surface area contributed by atoms with Gasteiger partial charge in [0.05, 0.1) is 6.61 Å². The fraction of sp³-hybridized carbons (Fsp3) is 0.929. The zero-order valence-electron chi connectivity index (χ0n) is 11.9. The normalized spacial score (nSPS) is 29.1. The molecule has 1 saturated heterocycles. The van der Waals surface area contributed by atoms with Crippen LogP contribution < -0.4 is 0 Å². The van der Waals surface area contributed by atoms with E-state index in [1.54, 1.807) is 0 Å². The van der Waals surface area contributed by atoms with E-state index in [4.69, 9.17) is 0 Å². The van der Waals surface area contributed by atoms with Crippen molar-refractivity contribution in [3.8, 4) is 0 Å². The van der Waals surface area contributed by atoms with Crippen molar-refractivity contribution in [3.05, 3.63) is 0 Å². The Morgan fingerprint density at radius 1 is 1.33 bits per heavy atom. The fourth-order valence-electron chi connectivity index (χ4n) is 2.92. The van der Waals surface area contributed by atoms with Crippen molar-refractivity contribution in [2.24, 2.45) is 11.3 Å². The van der Waals surface area contributed by atoms with Crippen molar-refractivity contribution in [3.63, 3.8) is 0 Å². The number of aliphatic hydroxyl groups is 1. The largest absolute Gasteiger partial charge is 0.395 e. The standard InChI is InChI=1S/C14H26N2O2/c1-4-11(10-17)15-5-7-16(8-6-15)13(18)12-9-14(12,2)3/h11-12,17H,4-10H2,1-3H3/t11?,12-/m1/s1. The van der Waals surface area contributed by atoms with Gasteiger partial charge in [0, 0.05) is 38.1 Å². The first kappa shape index (κ1) is 13.8. The summed E-state index contributed by atoms with van der Waals surface area (Å²) in [6.45, 7) is 10.1. The lowest BCUT2D eigenvalue weighted by atomic mass is 10.1. The summed E-state index contributed by atoms with van der Waals surface area (Å²) in [4.78, 5) is 16.6. The number of amides is 1. The second-order valence-electron chi connectivity index (χ2n) is 6.35. The molecule has 0 bridgehead atoms. The van der Waals surface area contributed by atoms with Gasteiger partial charge in [0.25, 0.3) is 0 Å². The van der Waals surface area contributed by atoms with E-state index >= 15 is 0 Å². The van der Waals surface area contributed by atoms with E-state index in [0.717, 1.165) is 39.0 Å². The first-order valence-corrected chi connectivity index (χ1v) is 7.13. The number of hydrogen-bond donors (Lipinski definition) is 1. The lowest BCUT2D eigenvalue weighted by Crippen LogP contribution is -2.53. The highest BCUT2D eigenvalue weighted by molar-refractivity contribution is 5.82. The van der Waals surface area contributed by atoms with Crippen LogP contribution in [-0.4, -0.2) is 59.6 Å². The highest BCUT2D eigenvalue weighted by atomic mass is 16.3. The molecular weight excluding hydrogens is 228 g/mol. The summed E-state index contributed by atoms with van der Waals surface area (Å²) in [6.07, 6.45) is 2.01. The Morgan fingerprint density at radius 2 is 1.89 bits per heavy atom. The second kappa shape index (κ2) is 5.17. The number of rotatable bonds is 4. The molecule has 1 heterocycles. The van der Waals surface area contributed by atoms with Crippen LogP contribution in [-0.2, 0) is 4.79 Å². The van der Waals surface area contributed by atoms with Crippen LogP contribution in [0.4, 0.5) is 0 Å². The fourth-order valence-corrected chi connectivity index (χ4v) is 2.92. The van der Waals surface area contributed by atoms with Gasteiger partial charge in [-0.2, -0.15) is 0 Å². The summed E-state index contributed by atoms with van der Waals surface area (Å²) in [6, 6.07) is 0.264. The third-order valence-electron chi connectivity index (χ3n) is 4.64. The van der Waals surface area contributed by atoms with Gasteiger partial charge in [0.2, 0.25) is 5.91 Å². The Morgan fingerprint density at radius 3 is 2.28 bits per heavy atom. The average molecular weight is 254 g/mol. The lowest BCUT2D eigenvalue weighted by Gasteiger charge is -2.38. The highest BCUT2D eigenvalue weighted by Crippen LogP contribution is 2.52. The lowest BCUT2D eigenvalue weighted by molar-refractivity contribution is -0.135. The van der Waals surface area contributed by atoms with Crippen LogP contribution in [0.2, 0.25) is 0 Å². The van der Waals surface area contributed by atoms with E-state index in [2.05, 4.69) is 25.7 Å². The van der Waals surface area contributed by atoms with Crippen LogP contribution in [0.3, 0.4) is 0 Å². The van der Waals surface area contributed by atoms with Gasteiger partial charge in [-0.15, -0.1) is 0 Å². The van der Waals surface area contributed by atoms with Crippen molar-refractivity contribution in [1.82, 2.24) is 9.80 Å². The number of nitrogens with zero attached hydrogens (tertiary/aromatic N) is 2. The third-order valence-corrected chi connectivity index (χ3v) is 4.64. The van der Waals surface area contributed by atoms with Gasteiger partial charge < -0.3 is 10.0 Å². The molecule has 1 unspecified atom stereocenters. The number of piperazine rings is 1. The molecule has 1 saturated carbocycles. The molecule has 4 nitrogen and oxygen atoms in total. The predicted molar refractivity (Wildman–Crippen MR) is 71.2 cm³/mol. The molecule has 2 rings (SSSR count). The van der Waals surface area contributed by atoms with E-state index in [1.807, 2.05) is 4.90 Å². The van der Waals surface area contributed by atoms with Gasteiger partial charge in [0.1, 0.15) is 0 Å². The second-order valence-corrected chi connectivity index (χ2v) is 6.35. The summed E-state index contributed by atoms with van der Waals surface area (Å²) < 4.78 is 0. The molecule has 2 fully saturated rings. The van der Waals surface area contributed by atoms with E-state index in [9.17, 15) is 9.90 Å². The van der Waals surface area contributed by atoms with Crippen molar-refractivity contribution in [2.45, 2.75) is 39.7 Å². The first-order chi connectivity index (χ1) is 8.49. The molecule has 1 amide bonds. The maximum absolute atomic E-state index is 12.2. The Labute approximate surface area is 110 Å². The van der Waals surface area contributed by atoms with E-state index in [0.29, 0.717) is 5.91 Å². The maximum atomic E-state index is 12.2. The molecular formula is C14H26N2O2. The quantitative estimate of drug-likeness (QED) is 0.812. The number of carbonyl (C=O) groups excluding carboxylic acids is 1. The summed E-state index contributed by atoms with van der Waals surface area (Å²) in [5.74, 6) is 0.598. The van der Waals surface area contributed by atoms with Crippen molar-refractivity contribution in [2.75, 3.05) is 32.8 Å². The minimum Gasteiger partial charge on any atom is -0.395 e. The van der Waals surface area contributed by atoms with Crippen molar-refractivity contribution < 1.29 is 9.90 Å². The average Bonchev–Trinajstić information content (AvgIpc) is 3.00. The van der Waals surface area contributed by atoms with Crippen LogP contribution in [0, 0.1) is 11.3 Å². The predicted octanol–water partition coefficient (Wildman–Crippen LogP) is 0.948. The zero-order valence-corrected chi connectivity index (χ0v) is 11.9. The Balaban J connectivity index is 1.82. The minimum atomic E-state index is 0.222. The van der Waals surface area contributed by atoms with Crippen LogP contribution in [0.25, 0.3) is 0 Å². The third kappa shape index (κ3) is 2.69. The molecule has 0 spiro atoms. The van der Waals surface area contributed by atoms with Crippen LogP contribution in [0.1, 0.15) is 33.6 Å². The molecule has 104 valence electrons. The molecule has 0 aromatic carbocycles.